The third-order valence-electron chi connectivity index (χ3n) is 3.42. The molecule has 0 unspecified atom stereocenters. The molecule has 0 N–H and O–H groups in total. The number of halogens is 3. The topological polar surface area (TPSA) is 74.7 Å². The molecule has 0 fully saturated rings. The zero-order chi connectivity index (χ0) is 19.5. The Hall–Kier alpha value is -2.84. The molecule has 2 aromatic rings. The predicted molar refractivity (Wildman–Crippen MR) is 85.2 cm³/mol. The SMILES string of the molecule is CCOC(=O)c1c(C(F)(F)F)nc2cc(OC)ccc2c1C(=O)OCC. The van der Waals surface area contributed by atoms with Crippen LogP contribution in [0, 0.1) is 0 Å². The molecule has 0 radical (unpaired) electrons. The van der Waals surface area contributed by atoms with Gasteiger partial charge in [-0.3, -0.25) is 0 Å². The molecular weight excluding hydrogens is 355 g/mol. The molecule has 0 spiro atoms. The summed E-state index contributed by atoms with van der Waals surface area (Å²) in [6.07, 6.45) is -4.99. The number of aromatic nitrogens is 1. The Morgan fingerprint density at radius 1 is 1.04 bits per heavy atom. The first-order valence-electron chi connectivity index (χ1n) is 7.67. The Kier molecular flexibility index (Phi) is 5.69. The molecule has 26 heavy (non-hydrogen) atoms. The standard InChI is InChI=1S/C17H16F3NO5/c1-4-25-15(22)12-10-7-6-9(24-3)8-11(10)21-14(17(18,19)20)13(12)16(23)26-5-2/h6-8H,4-5H2,1-3H3. The maximum absolute atomic E-state index is 13.5. The number of nitrogens with zero attached hydrogens (tertiary/aromatic N) is 1. The van der Waals surface area contributed by atoms with Crippen molar-refractivity contribution in [3.05, 3.63) is 35.0 Å². The zero-order valence-corrected chi connectivity index (χ0v) is 14.3. The molecule has 0 aliphatic carbocycles. The van der Waals surface area contributed by atoms with E-state index >= 15 is 0 Å². The first-order valence-corrected chi connectivity index (χ1v) is 7.67. The second-order valence-corrected chi connectivity index (χ2v) is 5.03. The van der Waals surface area contributed by atoms with Gasteiger partial charge in [-0.1, -0.05) is 0 Å². The highest BCUT2D eigenvalue weighted by atomic mass is 19.4. The lowest BCUT2D eigenvalue weighted by molar-refractivity contribution is -0.141. The van der Waals surface area contributed by atoms with Crippen molar-refractivity contribution in [2.75, 3.05) is 20.3 Å². The molecule has 1 aromatic heterocycles. The summed E-state index contributed by atoms with van der Waals surface area (Å²) in [4.78, 5) is 28.1. The van der Waals surface area contributed by atoms with Crippen LogP contribution in [0.15, 0.2) is 18.2 Å². The lowest BCUT2D eigenvalue weighted by Crippen LogP contribution is -2.23. The number of pyridine rings is 1. The summed E-state index contributed by atoms with van der Waals surface area (Å²) in [6.45, 7) is 2.69. The van der Waals surface area contributed by atoms with Crippen LogP contribution in [0.1, 0.15) is 40.3 Å². The van der Waals surface area contributed by atoms with Crippen molar-refractivity contribution in [1.82, 2.24) is 4.98 Å². The van der Waals surface area contributed by atoms with Gasteiger partial charge >= 0.3 is 18.1 Å². The van der Waals surface area contributed by atoms with Crippen LogP contribution in [0.5, 0.6) is 5.75 Å². The second kappa shape index (κ2) is 7.59. The molecule has 140 valence electrons. The van der Waals surface area contributed by atoms with Gasteiger partial charge in [0.25, 0.3) is 0 Å². The molecule has 0 aliphatic heterocycles. The maximum atomic E-state index is 13.5. The molecule has 1 aromatic carbocycles. The molecule has 1 heterocycles. The number of carbonyl (C=O) groups is 2. The number of hydrogen-bond donors (Lipinski definition) is 0. The van der Waals surface area contributed by atoms with E-state index in [4.69, 9.17) is 14.2 Å². The average molecular weight is 371 g/mol. The quantitative estimate of drug-likeness (QED) is 0.748. The first kappa shape index (κ1) is 19.5. The highest BCUT2D eigenvalue weighted by molar-refractivity contribution is 6.12. The van der Waals surface area contributed by atoms with Gasteiger partial charge < -0.3 is 14.2 Å². The average Bonchev–Trinajstić information content (AvgIpc) is 2.59. The number of methoxy groups -OCH3 is 1. The molecule has 0 bridgehead atoms. The van der Waals surface area contributed by atoms with Crippen LogP contribution in [-0.4, -0.2) is 37.2 Å². The molecule has 2 rings (SSSR count). The molecule has 0 saturated carbocycles. The van der Waals surface area contributed by atoms with Gasteiger partial charge in [0.2, 0.25) is 0 Å². The lowest BCUT2D eigenvalue weighted by atomic mass is 9.99. The number of esters is 2. The van der Waals surface area contributed by atoms with Gasteiger partial charge in [0.1, 0.15) is 11.3 Å². The Balaban J connectivity index is 2.95. The maximum Gasteiger partial charge on any atom is 0.434 e. The van der Waals surface area contributed by atoms with Gasteiger partial charge in [-0.2, -0.15) is 13.2 Å². The second-order valence-electron chi connectivity index (χ2n) is 5.03. The van der Waals surface area contributed by atoms with E-state index in [1.165, 1.54) is 39.2 Å². The van der Waals surface area contributed by atoms with E-state index in [9.17, 15) is 22.8 Å². The highest BCUT2D eigenvalue weighted by Gasteiger charge is 2.41. The fraction of sp³-hybridized carbons (Fsp3) is 0.353. The van der Waals surface area contributed by atoms with Crippen LogP contribution in [0.3, 0.4) is 0 Å². The molecule has 0 aliphatic rings. The molecule has 0 atom stereocenters. The van der Waals surface area contributed by atoms with Crippen LogP contribution in [0.4, 0.5) is 13.2 Å². The molecule has 9 heteroatoms. The van der Waals surface area contributed by atoms with Gasteiger partial charge in [0, 0.05) is 11.5 Å². The van der Waals surface area contributed by atoms with Crippen molar-refractivity contribution in [1.29, 1.82) is 0 Å². The van der Waals surface area contributed by atoms with Gasteiger partial charge in [-0.15, -0.1) is 0 Å². The van der Waals surface area contributed by atoms with Gasteiger partial charge in [-0.25, -0.2) is 14.6 Å². The smallest absolute Gasteiger partial charge is 0.434 e. The Labute approximate surface area is 146 Å². The van der Waals surface area contributed by atoms with Crippen molar-refractivity contribution in [2.24, 2.45) is 0 Å². The van der Waals surface area contributed by atoms with Crippen molar-refractivity contribution in [3.63, 3.8) is 0 Å². The first-order chi connectivity index (χ1) is 12.2. The summed E-state index contributed by atoms with van der Waals surface area (Å²) in [5, 5.41) is 0.0281. The Morgan fingerprint density at radius 2 is 1.62 bits per heavy atom. The highest BCUT2D eigenvalue weighted by Crippen LogP contribution is 2.36. The van der Waals surface area contributed by atoms with E-state index in [2.05, 4.69) is 4.98 Å². The summed E-state index contributed by atoms with van der Waals surface area (Å²) in [5.74, 6) is -2.12. The summed E-state index contributed by atoms with van der Waals surface area (Å²) < 4.78 is 55.2. The fourth-order valence-corrected chi connectivity index (χ4v) is 2.39. The van der Waals surface area contributed by atoms with E-state index in [0.717, 1.165) is 0 Å². The number of alkyl halides is 3. The van der Waals surface area contributed by atoms with Gasteiger partial charge in [0.05, 0.1) is 31.4 Å². The Morgan fingerprint density at radius 3 is 2.12 bits per heavy atom. The van der Waals surface area contributed by atoms with Gasteiger partial charge in [0.15, 0.2) is 5.69 Å². The Bertz CT molecular complexity index is 848. The number of ether oxygens (including phenoxy) is 3. The molecular formula is C17H16F3NO5. The number of rotatable bonds is 5. The third kappa shape index (κ3) is 3.71. The summed E-state index contributed by atoms with van der Waals surface area (Å²) in [6, 6.07) is 4.02. The third-order valence-corrected chi connectivity index (χ3v) is 3.42. The van der Waals surface area contributed by atoms with Crippen LogP contribution < -0.4 is 4.74 Å². The van der Waals surface area contributed by atoms with E-state index in [0.29, 0.717) is 0 Å². The zero-order valence-electron chi connectivity index (χ0n) is 14.3. The van der Waals surface area contributed by atoms with Crippen molar-refractivity contribution in [2.45, 2.75) is 20.0 Å². The van der Waals surface area contributed by atoms with E-state index in [1.54, 1.807) is 0 Å². The van der Waals surface area contributed by atoms with Crippen molar-refractivity contribution in [3.8, 4) is 5.75 Å². The van der Waals surface area contributed by atoms with Gasteiger partial charge in [-0.05, 0) is 26.0 Å². The van der Waals surface area contributed by atoms with Crippen LogP contribution in [0.25, 0.3) is 10.9 Å². The lowest BCUT2D eigenvalue weighted by Gasteiger charge is -2.17. The van der Waals surface area contributed by atoms with Crippen molar-refractivity contribution >= 4 is 22.8 Å². The largest absolute Gasteiger partial charge is 0.497 e. The number of benzene rings is 1. The summed E-state index contributed by atoms with van der Waals surface area (Å²) in [5.41, 5.74) is -3.17. The molecule has 6 nitrogen and oxygen atoms in total. The van der Waals surface area contributed by atoms with E-state index in [-0.39, 0.29) is 29.9 Å². The van der Waals surface area contributed by atoms with Crippen LogP contribution >= 0.6 is 0 Å². The predicted octanol–water partition coefficient (Wildman–Crippen LogP) is 3.62. The van der Waals surface area contributed by atoms with Crippen molar-refractivity contribution < 1.29 is 37.0 Å². The number of carbonyl (C=O) groups excluding carboxylic acids is 2. The molecule has 0 saturated heterocycles. The van der Waals surface area contributed by atoms with E-state index in [1.807, 2.05) is 0 Å². The molecule has 0 amide bonds. The summed E-state index contributed by atoms with van der Waals surface area (Å²) >= 11 is 0. The minimum Gasteiger partial charge on any atom is -0.497 e. The minimum absolute atomic E-state index is 0.0281. The fourth-order valence-electron chi connectivity index (χ4n) is 2.39. The van der Waals surface area contributed by atoms with Crippen LogP contribution in [0.2, 0.25) is 0 Å². The number of fused-ring (bicyclic) bond motifs is 1. The normalized spacial score (nSPS) is 11.3. The monoisotopic (exact) mass is 371 g/mol. The number of hydrogen-bond acceptors (Lipinski definition) is 6. The minimum atomic E-state index is -4.99. The van der Waals surface area contributed by atoms with E-state index < -0.39 is 34.9 Å². The summed E-state index contributed by atoms with van der Waals surface area (Å²) in [7, 11) is 1.34. The van der Waals surface area contributed by atoms with Crippen LogP contribution in [-0.2, 0) is 15.7 Å².